The normalized spacial score (nSPS) is 13.4. The SMILES string of the molecule is CC[C@@H](OC(=O)c1cccs1)C(=O)NCc1ccc2c(c1)OCO2. The van der Waals surface area contributed by atoms with Crippen LogP contribution < -0.4 is 14.8 Å². The molecule has 126 valence electrons. The third-order valence-corrected chi connectivity index (χ3v) is 4.39. The van der Waals surface area contributed by atoms with Crippen molar-refractivity contribution in [3.63, 3.8) is 0 Å². The standard InChI is InChI=1S/C17H17NO5S/c1-2-12(23-17(20)15-4-3-7-24-15)16(19)18-9-11-5-6-13-14(8-11)22-10-21-13/h3-8,12H,2,9-10H2,1H3,(H,18,19)/t12-/m1/s1. The average molecular weight is 347 g/mol. The molecule has 3 rings (SSSR count). The van der Waals surface area contributed by atoms with Gasteiger partial charge in [-0.05, 0) is 35.6 Å². The van der Waals surface area contributed by atoms with Crippen LogP contribution in [0.3, 0.4) is 0 Å². The molecule has 0 unspecified atom stereocenters. The number of carbonyl (C=O) groups excluding carboxylic acids is 2. The summed E-state index contributed by atoms with van der Waals surface area (Å²) in [5.41, 5.74) is 0.882. The lowest BCUT2D eigenvalue weighted by Crippen LogP contribution is -2.37. The number of rotatable bonds is 6. The lowest BCUT2D eigenvalue weighted by Gasteiger charge is -2.15. The molecule has 2 aromatic rings. The van der Waals surface area contributed by atoms with Gasteiger partial charge < -0.3 is 19.5 Å². The Morgan fingerprint density at radius 2 is 2.12 bits per heavy atom. The molecule has 1 aromatic heterocycles. The van der Waals surface area contributed by atoms with Gasteiger partial charge in [0, 0.05) is 6.54 Å². The third kappa shape index (κ3) is 3.68. The van der Waals surface area contributed by atoms with Crippen LogP contribution in [0.25, 0.3) is 0 Å². The Hall–Kier alpha value is -2.54. The van der Waals surface area contributed by atoms with E-state index in [-0.39, 0.29) is 12.7 Å². The predicted molar refractivity (Wildman–Crippen MR) is 88.2 cm³/mol. The fraction of sp³-hybridized carbons (Fsp3) is 0.294. The molecule has 0 fully saturated rings. The van der Waals surface area contributed by atoms with Gasteiger partial charge in [0.25, 0.3) is 5.91 Å². The molecule has 1 atom stereocenters. The molecule has 24 heavy (non-hydrogen) atoms. The first kappa shape index (κ1) is 16.3. The molecule has 7 heteroatoms. The van der Waals surface area contributed by atoms with Crippen molar-refractivity contribution in [3.05, 3.63) is 46.2 Å². The Kier molecular flexibility index (Phi) is 5.00. The Bertz CT molecular complexity index is 729. The van der Waals surface area contributed by atoms with E-state index in [0.29, 0.717) is 29.3 Å². The van der Waals surface area contributed by atoms with E-state index in [0.717, 1.165) is 5.56 Å². The molecule has 0 bridgehead atoms. The van der Waals surface area contributed by atoms with E-state index in [9.17, 15) is 9.59 Å². The van der Waals surface area contributed by atoms with Gasteiger partial charge in [0.05, 0.1) is 0 Å². The molecular formula is C17H17NO5S. The summed E-state index contributed by atoms with van der Waals surface area (Å²) in [5.74, 6) is 0.564. The van der Waals surface area contributed by atoms with Crippen molar-refractivity contribution in [2.24, 2.45) is 0 Å². The van der Waals surface area contributed by atoms with Crippen LogP contribution >= 0.6 is 11.3 Å². The maximum atomic E-state index is 12.2. The lowest BCUT2D eigenvalue weighted by atomic mass is 10.2. The number of thiophene rings is 1. The van der Waals surface area contributed by atoms with Crippen LogP contribution in [0, 0.1) is 0 Å². The van der Waals surface area contributed by atoms with Gasteiger partial charge in [-0.1, -0.05) is 19.1 Å². The molecule has 1 amide bonds. The highest BCUT2D eigenvalue weighted by molar-refractivity contribution is 7.11. The highest BCUT2D eigenvalue weighted by Gasteiger charge is 2.22. The van der Waals surface area contributed by atoms with Crippen LogP contribution in [-0.2, 0) is 16.1 Å². The summed E-state index contributed by atoms with van der Waals surface area (Å²) < 4.78 is 15.8. The molecule has 1 aliphatic heterocycles. The summed E-state index contributed by atoms with van der Waals surface area (Å²) in [6, 6.07) is 8.91. The highest BCUT2D eigenvalue weighted by atomic mass is 32.1. The minimum Gasteiger partial charge on any atom is -0.454 e. The van der Waals surface area contributed by atoms with Gasteiger partial charge in [-0.15, -0.1) is 11.3 Å². The number of amides is 1. The maximum absolute atomic E-state index is 12.2. The van der Waals surface area contributed by atoms with Crippen molar-refractivity contribution in [2.75, 3.05) is 6.79 Å². The van der Waals surface area contributed by atoms with Crippen molar-refractivity contribution < 1.29 is 23.8 Å². The van der Waals surface area contributed by atoms with Crippen molar-refractivity contribution in [1.29, 1.82) is 0 Å². The number of esters is 1. The summed E-state index contributed by atoms with van der Waals surface area (Å²) >= 11 is 1.28. The predicted octanol–water partition coefficient (Wildman–Crippen LogP) is 2.73. The van der Waals surface area contributed by atoms with E-state index in [1.54, 1.807) is 30.5 Å². The molecule has 6 nitrogen and oxygen atoms in total. The Balaban J connectivity index is 1.55. The van der Waals surface area contributed by atoms with Gasteiger partial charge in [0.15, 0.2) is 17.6 Å². The topological polar surface area (TPSA) is 73.9 Å². The molecule has 0 spiro atoms. The quantitative estimate of drug-likeness (QED) is 0.814. The number of carbonyl (C=O) groups is 2. The number of benzene rings is 1. The number of fused-ring (bicyclic) bond motifs is 1. The highest BCUT2D eigenvalue weighted by Crippen LogP contribution is 2.32. The van der Waals surface area contributed by atoms with E-state index in [2.05, 4.69) is 5.32 Å². The molecule has 2 heterocycles. The average Bonchev–Trinajstić information content (AvgIpc) is 3.27. The van der Waals surface area contributed by atoms with Gasteiger partial charge >= 0.3 is 5.97 Å². The van der Waals surface area contributed by atoms with Crippen molar-refractivity contribution in [3.8, 4) is 11.5 Å². The van der Waals surface area contributed by atoms with Crippen LogP contribution in [0.1, 0.15) is 28.6 Å². The monoisotopic (exact) mass is 347 g/mol. The second kappa shape index (κ2) is 7.35. The van der Waals surface area contributed by atoms with Crippen LogP contribution in [-0.4, -0.2) is 24.8 Å². The van der Waals surface area contributed by atoms with E-state index in [1.165, 1.54) is 11.3 Å². The summed E-state index contributed by atoms with van der Waals surface area (Å²) in [4.78, 5) is 24.7. The van der Waals surface area contributed by atoms with E-state index in [4.69, 9.17) is 14.2 Å². The van der Waals surface area contributed by atoms with Gasteiger partial charge in [0.2, 0.25) is 6.79 Å². The largest absolute Gasteiger partial charge is 0.454 e. The van der Waals surface area contributed by atoms with Crippen molar-refractivity contribution in [1.82, 2.24) is 5.32 Å². The zero-order valence-electron chi connectivity index (χ0n) is 13.1. The van der Waals surface area contributed by atoms with Crippen molar-refractivity contribution in [2.45, 2.75) is 26.0 Å². The number of hydrogen-bond donors (Lipinski definition) is 1. The van der Waals surface area contributed by atoms with Gasteiger partial charge in [-0.25, -0.2) is 4.79 Å². The van der Waals surface area contributed by atoms with Crippen LogP contribution in [0.4, 0.5) is 0 Å². The van der Waals surface area contributed by atoms with Crippen LogP contribution in [0.2, 0.25) is 0 Å². The molecule has 0 radical (unpaired) electrons. The molecule has 0 saturated heterocycles. The number of hydrogen-bond acceptors (Lipinski definition) is 6. The zero-order chi connectivity index (χ0) is 16.9. The van der Waals surface area contributed by atoms with Crippen molar-refractivity contribution >= 4 is 23.2 Å². The summed E-state index contributed by atoms with van der Waals surface area (Å²) in [6.07, 6.45) is -0.405. The minimum atomic E-state index is -0.811. The molecule has 1 aliphatic rings. The lowest BCUT2D eigenvalue weighted by molar-refractivity contribution is -0.130. The van der Waals surface area contributed by atoms with E-state index < -0.39 is 12.1 Å². The molecule has 0 aliphatic carbocycles. The van der Waals surface area contributed by atoms with Gasteiger partial charge in [-0.3, -0.25) is 4.79 Å². The fourth-order valence-electron chi connectivity index (χ4n) is 2.26. The van der Waals surface area contributed by atoms with Crippen LogP contribution in [0.5, 0.6) is 11.5 Å². The molecule has 1 aromatic carbocycles. The maximum Gasteiger partial charge on any atom is 0.349 e. The number of ether oxygens (including phenoxy) is 3. The minimum absolute atomic E-state index is 0.210. The summed E-state index contributed by atoms with van der Waals surface area (Å²) in [7, 11) is 0. The third-order valence-electron chi connectivity index (χ3n) is 3.54. The van der Waals surface area contributed by atoms with Gasteiger partial charge in [-0.2, -0.15) is 0 Å². The first-order chi connectivity index (χ1) is 11.7. The first-order valence-electron chi connectivity index (χ1n) is 7.58. The van der Waals surface area contributed by atoms with Gasteiger partial charge in [0.1, 0.15) is 4.88 Å². The fourth-order valence-corrected chi connectivity index (χ4v) is 2.86. The second-order valence-electron chi connectivity index (χ2n) is 5.18. The molecular weight excluding hydrogens is 330 g/mol. The first-order valence-corrected chi connectivity index (χ1v) is 8.46. The Labute approximate surface area is 143 Å². The smallest absolute Gasteiger partial charge is 0.349 e. The second-order valence-corrected chi connectivity index (χ2v) is 6.13. The Morgan fingerprint density at radius 1 is 1.29 bits per heavy atom. The Morgan fingerprint density at radius 3 is 2.88 bits per heavy atom. The number of nitrogens with one attached hydrogen (secondary N) is 1. The van der Waals surface area contributed by atoms with Crippen LogP contribution in [0.15, 0.2) is 35.7 Å². The zero-order valence-corrected chi connectivity index (χ0v) is 13.9. The molecule has 0 saturated carbocycles. The summed E-state index contributed by atoms with van der Waals surface area (Å²) in [6.45, 7) is 2.33. The summed E-state index contributed by atoms with van der Waals surface area (Å²) in [5, 5.41) is 4.57. The molecule has 1 N–H and O–H groups in total. The van der Waals surface area contributed by atoms with E-state index in [1.807, 2.05) is 12.1 Å². The van der Waals surface area contributed by atoms with E-state index >= 15 is 0 Å².